The van der Waals surface area contributed by atoms with E-state index in [-0.39, 0.29) is 28.8 Å². The molecule has 3 N–H and O–H groups in total. The van der Waals surface area contributed by atoms with Crippen LogP contribution in [0.3, 0.4) is 0 Å². The van der Waals surface area contributed by atoms with Crippen molar-refractivity contribution in [3.63, 3.8) is 0 Å². The molecule has 1 amide bonds. The van der Waals surface area contributed by atoms with Crippen molar-refractivity contribution in [2.75, 3.05) is 0 Å². The Labute approximate surface area is 170 Å². The number of carbonyl (C=O) groups excluding carboxylic acids is 2. The predicted molar refractivity (Wildman–Crippen MR) is 106 cm³/mol. The van der Waals surface area contributed by atoms with Crippen LogP contribution in [0.4, 0.5) is 8.78 Å². The minimum Gasteiger partial charge on any atom is -0.503 e. The number of aromatic nitrogens is 1. The van der Waals surface area contributed by atoms with Crippen LogP contribution in [0.2, 0.25) is 5.02 Å². The summed E-state index contributed by atoms with van der Waals surface area (Å²) in [5.41, 5.74) is 6.23. The molecule has 2 aromatic carbocycles. The summed E-state index contributed by atoms with van der Waals surface area (Å²) in [5.74, 6) is -4.85. The van der Waals surface area contributed by atoms with E-state index in [1.54, 1.807) is 32.0 Å². The lowest BCUT2D eigenvalue weighted by molar-refractivity contribution is -0.118. The number of phenolic OH excluding ortho intramolecular Hbond substituents is 1. The lowest BCUT2D eigenvalue weighted by atomic mass is 9.93. The third-order valence-corrected chi connectivity index (χ3v) is 5.23. The van der Waals surface area contributed by atoms with Crippen LogP contribution in [0.25, 0.3) is 10.9 Å². The molecule has 0 fully saturated rings. The van der Waals surface area contributed by atoms with Crippen molar-refractivity contribution >= 4 is 34.3 Å². The fraction of sp³-hybridized carbons (Fsp3) is 0.238. The van der Waals surface area contributed by atoms with E-state index in [4.69, 9.17) is 17.3 Å². The second-order valence-corrected chi connectivity index (χ2v) is 7.41. The van der Waals surface area contributed by atoms with Crippen LogP contribution in [-0.4, -0.2) is 21.5 Å². The SMILES string of the molecule is Cc1c([C@@H](C)CCC(N)=O)c2c(F)c(O)c(F)cc2n1C(=O)c1cccc(Cl)c1. The first-order chi connectivity index (χ1) is 13.6. The Hall–Kier alpha value is -2.93. The predicted octanol–water partition coefficient (Wildman–Crippen LogP) is 4.64. The Kier molecular flexibility index (Phi) is 5.61. The molecule has 0 aliphatic carbocycles. The molecule has 0 aliphatic rings. The highest BCUT2D eigenvalue weighted by molar-refractivity contribution is 6.31. The molecule has 3 rings (SSSR count). The van der Waals surface area contributed by atoms with Gasteiger partial charge in [0.1, 0.15) is 0 Å². The summed E-state index contributed by atoms with van der Waals surface area (Å²) in [6.45, 7) is 3.35. The number of benzene rings is 2. The number of amides is 1. The first kappa shape index (κ1) is 20.8. The molecular formula is C21H19ClF2N2O3. The van der Waals surface area contributed by atoms with E-state index in [1.165, 1.54) is 10.6 Å². The fourth-order valence-electron chi connectivity index (χ4n) is 3.63. The number of nitrogens with zero attached hydrogens (tertiary/aromatic N) is 1. The van der Waals surface area contributed by atoms with Gasteiger partial charge in [0.05, 0.1) is 5.52 Å². The van der Waals surface area contributed by atoms with Gasteiger partial charge in [0.25, 0.3) is 5.91 Å². The van der Waals surface area contributed by atoms with Crippen LogP contribution >= 0.6 is 11.6 Å². The first-order valence-electron chi connectivity index (χ1n) is 8.93. The van der Waals surface area contributed by atoms with E-state index in [1.807, 2.05) is 0 Å². The Morgan fingerprint density at radius 2 is 1.97 bits per heavy atom. The number of rotatable bonds is 5. The third-order valence-electron chi connectivity index (χ3n) is 5.00. The van der Waals surface area contributed by atoms with Crippen molar-refractivity contribution in [2.24, 2.45) is 5.73 Å². The van der Waals surface area contributed by atoms with Gasteiger partial charge in [-0.25, -0.2) is 8.78 Å². The highest BCUT2D eigenvalue weighted by Gasteiger charge is 2.28. The van der Waals surface area contributed by atoms with E-state index in [0.29, 0.717) is 22.7 Å². The summed E-state index contributed by atoms with van der Waals surface area (Å²) < 4.78 is 30.2. The molecule has 1 aromatic heterocycles. The van der Waals surface area contributed by atoms with Gasteiger partial charge in [-0.1, -0.05) is 24.6 Å². The van der Waals surface area contributed by atoms with Gasteiger partial charge in [-0.05, 0) is 43.0 Å². The van der Waals surface area contributed by atoms with Crippen molar-refractivity contribution in [3.8, 4) is 5.75 Å². The van der Waals surface area contributed by atoms with Crippen LogP contribution in [0.5, 0.6) is 5.75 Å². The summed E-state index contributed by atoms with van der Waals surface area (Å²) >= 11 is 5.97. The zero-order valence-corrected chi connectivity index (χ0v) is 16.6. The number of hydrogen-bond acceptors (Lipinski definition) is 3. The van der Waals surface area contributed by atoms with Gasteiger partial charge < -0.3 is 10.8 Å². The largest absolute Gasteiger partial charge is 0.503 e. The molecule has 0 unspecified atom stereocenters. The summed E-state index contributed by atoms with van der Waals surface area (Å²) in [5, 5.41) is 10.1. The minimum atomic E-state index is -1.18. The van der Waals surface area contributed by atoms with Crippen LogP contribution in [0, 0.1) is 18.6 Å². The molecule has 8 heteroatoms. The monoisotopic (exact) mass is 420 g/mol. The molecular weight excluding hydrogens is 402 g/mol. The van der Waals surface area contributed by atoms with E-state index in [9.17, 15) is 23.5 Å². The lowest BCUT2D eigenvalue weighted by Gasteiger charge is -2.13. The minimum absolute atomic E-state index is 0.0128. The van der Waals surface area contributed by atoms with Crippen molar-refractivity contribution in [3.05, 3.63) is 63.8 Å². The quantitative estimate of drug-likeness (QED) is 0.630. The van der Waals surface area contributed by atoms with Gasteiger partial charge in [0.2, 0.25) is 5.91 Å². The van der Waals surface area contributed by atoms with Gasteiger partial charge in [-0.3, -0.25) is 14.2 Å². The van der Waals surface area contributed by atoms with Gasteiger partial charge >= 0.3 is 0 Å². The van der Waals surface area contributed by atoms with Gasteiger partial charge in [-0.15, -0.1) is 0 Å². The molecule has 152 valence electrons. The number of phenols is 1. The Morgan fingerprint density at radius 1 is 1.28 bits per heavy atom. The number of carbonyl (C=O) groups is 2. The highest BCUT2D eigenvalue weighted by Crippen LogP contribution is 2.39. The molecule has 0 saturated heterocycles. The average molecular weight is 421 g/mol. The second-order valence-electron chi connectivity index (χ2n) is 6.97. The molecule has 0 saturated carbocycles. The second kappa shape index (κ2) is 7.83. The van der Waals surface area contributed by atoms with Crippen molar-refractivity contribution in [1.82, 2.24) is 4.57 Å². The smallest absolute Gasteiger partial charge is 0.262 e. The summed E-state index contributed by atoms with van der Waals surface area (Å²) in [7, 11) is 0. The van der Waals surface area contributed by atoms with Crippen LogP contribution in [0.15, 0.2) is 30.3 Å². The molecule has 29 heavy (non-hydrogen) atoms. The van der Waals surface area contributed by atoms with Crippen molar-refractivity contribution in [2.45, 2.75) is 32.6 Å². The maximum atomic E-state index is 14.9. The van der Waals surface area contributed by atoms with Gasteiger partial charge in [0, 0.05) is 34.2 Å². The van der Waals surface area contributed by atoms with E-state index < -0.39 is 29.2 Å². The van der Waals surface area contributed by atoms with Crippen LogP contribution in [0.1, 0.15) is 47.3 Å². The standard InChI is InChI=1S/C21H19ClF2N2O3/c1-10(6-7-16(25)27)17-11(2)26(21(29)12-4-3-5-13(22)8-12)15-9-14(23)20(28)19(24)18(15)17/h3-5,8-10,28H,6-7H2,1-2H3,(H2,25,27)/t10-/m0/s1. The maximum absolute atomic E-state index is 14.9. The maximum Gasteiger partial charge on any atom is 0.262 e. The Bertz CT molecular complexity index is 1140. The van der Waals surface area contributed by atoms with Crippen LogP contribution in [-0.2, 0) is 4.79 Å². The zero-order chi connectivity index (χ0) is 21.5. The summed E-state index contributed by atoms with van der Waals surface area (Å²) in [4.78, 5) is 24.3. The normalized spacial score (nSPS) is 12.3. The lowest BCUT2D eigenvalue weighted by Crippen LogP contribution is -2.14. The molecule has 0 bridgehead atoms. The Morgan fingerprint density at radius 3 is 2.59 bits per heavy atom. The molecule has 0 aliphatic heterocycles. The molecule has 5 nitrogen and oxygen atoms in total. The number of nitrogens with two attached hydrogens (primary N) is 1. The van der Waals surface area contributed by atoms with E-state index in [2.05, 4.69) is 0 Å². The first-order valence-corrected chi connectivity index (χ1v) is 9.31. The van der Waals surface area contributed by atoms with Crippen molar-refractivity contribution in [1.29, 1.82) is 0 Å². The number of primary amides is 1. The van der Waals surface area contributed by atoms with Crippen molar-refractivity contribution < 1.29 is 23.5 Å². The average Bonchev–Trinajstić information content (AvgIpc) is 2.95. The third kappa shape index (κ3) is 3.70. The number of aromatic hydroxyl groups is 1. The number of fused-ring (bicyclic) bond motifs is 1. The van der Waals surface area contributed by atoms with Crippen LogP contribution < -0.4 is 5.73 Å². The molecule has 0 spiro atoms. The summed E-state index contributed by atoms with van der Waals surface area (Å²) in [6, 6.07) is 7.13. The Balaban J connectivity index is 2.29. The van der Waals surface area contributed by atoms with E-state index in [0.717, 1.165) is 6.07 Å². The van der Waals surface area contributed by atoms with Gasteiger partial charge in [-0.2, -0.15) is 0 Å². The van der Waals surface area contributed by atoms with E-state index >= 15 is 0 Å². The topological polar surface area (TPSA) is 85.3 Å². The van der Waals surface area contributed by atoms with Gasteiger partial charge in [0.15, 0.2) is 17.4 Å². The molecule has 1 atom stereocenters. The number of halogens is 3. The zero-order valence-electron chi connectivity index (χ0n) is 15.8. The molecule has 0 radical (unpaired) electrons. The summed E-state index contributed by atoms with van der Waals surface area (Å²) in [6.07, 6.45) is 0.364. The fourth-order valence-corrected chi connectivity index (χ4v) is 3.82. The molecule has 3 aromatic rings. The highest BCUT2D eigenvalue weighted by atomic mass is 35.5. The number of hydrogen-bond donors (Lipinski definition) is 2. The molecule has 1 heterocycles.